The van der Waals surface area contributed by atoms with Gasteiger partial charge in [-0.2, -0.15) is 0 Å². The van der Waals surface area contributed by atoms with Crippen LogP contribution in [-0.2, 0) is 0 Å². The van der Waals surface area contributed by atoms with Gasteiger partial charge in [-0.1, -0.05) is 0 Å². The molecule has 0 unspecified atom stereocenters. The second-order valence-electron chi connectivity index (χ2n) is 11.5. The summed E-state index contributed by atoms with van der Waals surface area (Å²) in [5, 5.41) is 0. The summed E-state index contributed by atoms with van der Waals surface area (Å²) < 4.78 is 0. The van der Waals surface area contributed by atoms with Crippen LogP contribution in [0.5, 0.6) is 0 Å². The van der Waals surface area contributed by atoms with E-state index in [0.29, 0.717) is 0 Å². The van der Waals surface area contributed by atoms with Crippen molar-refractivity contribution in [3.8, 4) is 0 Å². The van der Waals surface area contributed by atoms with E-state index in [-0.39, 0.29) is 45.4 Å². The van der Waals surface area contributed by atoms with Crippen molar-refractivity contribution in [2.75, 3.05) is 0 Å². The van der Waals surface area contributed by atoms with Crippen LogP contribution < -0.4 is 0 Å². The first kappa shape index (κ1) is 22.7. The van der Waals surface area contributed by atoms with Gasteiger partial charge in [0, 0.05) is 22.2 Å². The minimum Gasteiger partial charge on any atom is -0.327 e. The van der Waals surface area contributed by atoms with Crippen molar-refractivity contribution in [1.82, 2.24) is 19.8 Å². The molecule has 3 rings (SSSR count). The van der Waals surface area contributed by atoms with Crippen molar-refractivity contribution in [1.29, 1.82) is 0 Å². The van der Waals surface area contributed by atoms with Gasteiger partial charge in [-0.3, -0.25) is 14.6 Å². The predicted molar refractivity (Wildman–Crippen MR) is 118 cm³/mol. The summed E-state index contributed by atoms with van der Waals surface area (Å²) in [6.07, 6.45) is 8.96. The number of hydrogen-bond acceptors (Lipinski definition) is 4. The summed E-state index contributed by atoms with van der Waals surface area (Å²) >= 11 is 0. The van der Waals surface area contributed by atoms with Crippen molar-refractivity contribution in [2.24, 2.45) is 0 Å². The highest BCUT2D eigenvalue weighted by atomic mass is 16.2. The van der Waals surface area contributed by atoms with E-state index in [0.717, 1.165) is 38.5 Å². The Balaban J connectivity index is 1.96. The lowest BCUT2D eigenvalue weighted by Crippen LogP contribution is -2.61. The van der Waals surface area contributed by atoms with Gasteiger partial charge >= 0.3 is 0 Å². The summed E-state index contributed by atoms with van der Waals surface area (Å²) in [6.45, 7) is 16.8. The molecule has 0 saturated carbocycles. The Morgan fingerprint density at radius 2 is 0.967 bits per heavy atom. The number of likely N-dealkylation sites (tertiary alicyclic amines) is 2. The van der Waals surface area contributed by atoms with E-state index in [2.05, 4.69) is 65.4 Å². The molecule has 166 valence electrons. The van der Waals surface area contributed by atoms with E-state index in [1.54, 1.807) is 0 Å². The van der Waals surface area contributed by atoms with Gasteiger partial charge < -0.3 is 9.80 Å². The van der Waals surface area contributed by atoms with Crippen LogP contribution in [0.15, 0.2) is 12.4 Å². The number of carbonyl (C=O) groups is 2. The first-order chi connectivity index (χ1) is 13.7. The molecule has 2 aliphatic rings. The molecule has 6 nitrogen and oxygen atoms in total. The molecule has 2 aliphatic heterocycles. The minimum atomic E-state index is -0.266. The number of hydrogen-bond donors (Lipinski definition) is 0. The van der Waals surface area contributed by atoms with E-state index in [9.17, 15) is 9.59 Å². The third kappa shape index (κ3) is 3.97. The molecule has 0 N–H and O–H groups in total. The van der Waals surface area contributed by atoms with Gasteiger partial charge in [-0.05, 0) is 93.9 Å². The van der Waals surface area contributed by atoms with Gasteiger partial charge in [0.25, 0.3) is 11.8 Å². The quantitative estimate of drug-likeness (QED) is 0.694. The molecule has 0 bridgehead atoms. The Morgan fingerprint density at radius 1 is 0.667 bits per heavy atom. The molecule has 0 spiro atoms. The number of nitrogens with zero attached hydrogens (tertiary/aromatic N) is 4. The average Bonchev–Trinajstić information content (AvgIpc) is 2.58. The molecule has 0 aromatic carbocycles. The van der Waals surface area contributed by atoms with E-state index in [1.807, 2.05) is 9.80 Å². The van der Waals surface area contributed by atoms with E-state index < -0.39 is 0 Å². The zero-order valence-electron chi connectivity index (χ0n) is 20.0. The lowest BCUT2D eigenvalue weighted by molar-refractivity contribution is -0.0119. The highest BCUT2D eigenvalue weighted by molar-refractivity contribution is 5.97. The number of piperidine rings is 2. The van der Waals surface area contributed by atoms with E-state index in [1.165, 1.54) is 12.4 Å². The standard InChI is InChI=1S/C24H38N4O2/c1-21(2)11-9-12-22(3,4)27(21)19(29)17-15-25-16-18(26-17)20(30)28-23(5,6)13-10-14-24(28,7)8/h15-16H,9-14H2,1-8H3. The summed E-state index contributed by atoms with van der Waals surface area (Å²) in [5.74, 6) is -0.298. The van der Waals surface area contributed by atoms with Gasteiger partial charge in [0.15, 0.2) is 0 Å². The van der Waals surface area contributed by atoms with Crippen molar-refractivity contribution < 1.29 is 9.59 Å². The smallest absolute Gasteiger partial charge is 0.274 e. The monoisotopic (exact) mass is 414 g/mol. The Bertz CT molecular complexity index is 744. The Labute approximate surface area is 181 Å². The fourth-order valence-corrected chi connectivity index (χ4v) is 5.89. The van der Waals surface area contributed by atoms with Crippen molar-refractivity contribution in [3.05, 3.63) is 23.8 Å². The van der Waals surface area contributed by atoms with Crippen LogP contribution in [0.3, 0.4) is 0 Å². The Kier molecular flexibility index (Phi) is 5.53. The van der Waals surface area contributed by atoms with Crippen molar-refractivity contribution in [2.45, 2.75) is 116 Å². The van der Waals surface area contributed by atoms with Gasteiger partial charge in [0.1, 0.15) is 11.4 Å². The lowest BCUT2D eigenvalue weighted by atomic mass is 9.79. The third-order valence-corrected chi connectivity index (χ3v) is 7.05. The normalized spacial score (nSPS) is 24.4. The van der Waals surface area contributed by atoms with Gasteiger partial charge in [0.2, 0.25) is 0 Å². The molecule has 0 atom stereocenters. The number of amides is 2. The van der Waals surface area contributed by atoms with Crippen LogP contribution in [0.25, 0.3) is 0 Å². The zero-order valence-corrected chi connectivity index (χ0v) is 20.0. The predicted octanol–water partition coefficient (Wildman–Crippen LogP) is 4.84. The van der Waals surface area contributed by atoms with Gasteiger partial charge in [-0.15, -0.1) is 0 Å². The number of aromatic nitrogens is 2. The summed E-state index contributed by atoms with van der Waals surface area (Å²) in [7, 11) is 0. The molecule has 1 aromatic rings. The topological polar surface area (TPSA) is 66.4 Å². The Hall–Kier alpha value is -1.98. The van der Waals surface area contributed by atoms with Crippen molar-refractivity contribution in [3.63, 3.8) is 0 Å². The molecular weight excluding hydrogens is 376 g/mol. The maximum Gasteiger partial charge on any atom is 0.274 e. The second kappa shape index (κ2) is 7.31. The second-order valence-corrected chi connectivity index (χ2v) is 11.5. The highest BCUT2D eigenvalue weighted by Crippen LogP contribution is 2.40. The van der Waals surface area contributed by atoms with Crippen LogP contribution in [0.4, 0.5) is 0 Å². The zero-order chi connectivity index (χ0) is 22.5. The molecule has 2 fully saturated rings. The van der Waals surface area contributed by atoms with Crippen LogP contribution in [0, 0.1) is 0 Å². The van der Waals surface area contributed by atoms with Crippen LogP contribution in [0.1, 0.15) is 115 Å². The third-order valence-electron chi connectivity index (χ3n) is 7.05. The fourth-order valence-electron chi connectivity index (χ4n) is 5.89. The first-order valence-corrected chi connectivity index (χ1v) is 11.2. The van der Waals surface area contributed by atoms with E-state index in [4.69, 9.17) is 0 Å². The SMILES string of the molecule is CC1(C)CCCC(C)(C)N1C(=O)c1cncc(C(=O)N2C(C)(C)CCCC2(C)C)n1. The molecule has 1 aromatic heterocycles. The van der Waals surface area contributed by atoms with Crippen LogP contribution in [0.2, 0.25) is 0 Å². The van der Waals surface area contributed by atoms with Crippen LogP contribution >= 0.6 is 0 Å². The van der Waals surface area contributed by atoms with Crippen LogP contribution in [-0.4, -0.2) is 53.7 Å². The molecular formula is C24H38N4O2. The molecule has 6 heteroatoms. The van der Waals surface area contributed by atoms with Gasteiger partial charge in [0.05, 0.1) is 12.4 Å². The molecule has 3 heterocycles. The molecule has 0 radical (unpaired) electrons. The number of carbonyl (C=O) groups excluding carboxylic acids is 2. The average molecular weight is 415 g/mol. The maximum atomic E-state index is 13.5. The van der Waals surface area contributed by atoms with Crippen molar-refractivity contribution >= 4 is 11.8 Å². The largest absolute Gasteiger partial charge is 0.327 e. The van der Waals surface area contributed by atoms with Gasteiger partial charge in [-0.25, -0.2) is 4.98 Å². The van der Waals surface area contributed by atoms with E-state index >= 15 is 0 Å². The maximum absolute atomic E-state index is 13.5. The molecule has 30 heavy (non-hydrogen) atoms. The minimum absolute atomic E-state index is 0.149. The summed E-state index contributed by atoms with van der Waals surface area (Å²) in [6, 6.07) is 0. The number of rotatable bonds is 2. The summed E-state index contributed by atoms with van der Waals surface area (Å²) in [5.41, 5.74) is -0.572. The molecule has 0 aliphatic carbocycles. The molecule has 2 amide bonds. The lowest BCUT2D eigenvalue weighted by Gasteiger charge is -2.53. The molecule has 2 saturated heterocycles. The fraction of sp³-hybridized carbons (Fsp3) is 0.750. The summed E-state index contributed by atoms with van der Waals surface area (Å²) in [4.78, 5) is 39.7. The first-order valence-electron chi connectivity index (χ1n) is 11.2. The Morgan fingerprint density at radius 3 is 1.27 bits per heavy atom. The highest BCUT2D eigenvalue weighted by Gasteiger charge is 2.46.